The van der Waals surface area contributed by atoms with Gasteiger partial charge in [-0.15, -0.1) is 11.3 Å². The highest BCUT2D eigenvalue weighted by Gasteiger charge is 2.32. The number of morpholine rings is 1. The van der Waals surface area contributed by atoms with E-state index in [4.69, 9.17) is 10.5 Å². The molecule has 2 N–H and O–H groups in total. The van der Waals surface area contributed by atoms with Crippen molar-refractivity contribution in [3.63, 3.8) is 0 Å². The molecule has 1 atom stereocenters. The summed E-state index contributed by atoms with van der Waals surface area (Å²) in [5, 5.41) is 0. The predicted molar refractivity (Wildman–Crippen MR) is 63.4 cm³/mol. The highest BCUT2D eigenvalue weighted by atomic mass is 32.1. The van der Waals surface area contributed by atoms with Gasteiger partial charge in [0, 0.05) is 31.1 Å². The van der Waals surface area contributed by atoms with Gasteiger partial charge in [0.25, 0.3) is 0 Å². The molecule has 102 valence electrons. The van der Waals surface area contributed by atoms with Crippen LogP contribution in [0.25, 0.3) is 0 Å². The Kier molecular flexibility index (Phi) is 4.26. The van der Waals surface area contributed by atoms with Crippen LogP contribution in [0.3, 0.4) is 0 Å². The summed E-state index contributed by atoms with van der Waals surface area (Å²) in [5.74, 6) is 0. The quantitative estimate of drug-likeness (QED) is 0.919. The first-order chi connectivity index (χ1) is 8.49. The van der Waals surface area contributed by atoms with Gasteiger partial charge in [0.15, 0.2) is 0 Å². The molecule has 0 aliphatic carbocycles. The van der Waals surface area contributed by atoms with E-state index in [-0.39, 0.29) is 6.10 Å². The minimum absolute atomic E-state index is 0.0131. The summed E-state index contributed by atoms with van der Waals surface area (Å²) < 4.78 is 42.8. The highest BCUT2D eigenvalue weighted by Crippen LogP contribution is 2.35. The summed E-state index contributed by atoms with van der Waals surface area (Å²) in [6.45, 7) is 2.96. The van der Waals surface area contributed by atoms with Crippen molar-refractivity contribution in [2.75, 3.05) is 26.2 Å². The Hall–Kier alpha value is -0.630. The fourth-order valence-corrected chi connectivity index (χ4v) is 2.82. The van der Waals surface area contributed by atoms with Crippen molar-refractivity contribution >= 4 is 11.3 Å². The van der Waals surface area contributed by atoms with E-state index in [0.29, 0.717) is 26.2 Å². The topological polar surface area (TPSA) is 38.5 Å². The van der Waals surface area contributed by atoms with E-state index >= 15 is 0 Å². The van der Waals surface area contributed by atoms with Crippen LogP contribution in [0.2, 0.25) is 0 Å². The van der Waals surface area contributed by atoms with Gasteiger partial charge in [0.05, 0.1) is 12.7 Å². The molecule has 1 aliphatic rings. The number of thiophene rings is 1. The van der Waals surface area contributed by atoms with E-state index in [2.05, 4.69) is 4.90 Å². The molecule has 1 aromatic rings. The van der Waals surface area contributed by atoms with Gasteiger partial charge >= 0.3 is 6.18 Å². The summed E-state index contributed by atoms with van der Waals surface area (Å²) in [4.78, 5) is 2.26. The number of nitrogens with two attached hydrogens (primary N) is 1. The molecule has 0 spiro atoms. The van der Waals surface area contributed by atoms with Crippen LogP contribution in [0.5, 0.6) is 0 Å². The second kappa shape index (κ2) is 5.56. The standard InChI is InChI=1S/C11H15F3N2OS/c12-11(13,14)10-2-1-9(18-10)7-16-3-4-17-8(5-15)6-16/h1-2,8H,3-7,15H2. The Morgan fingerprint density at radius 3 is 2.83 bits per heavy atom. The monoisotopic (exact) mass is 280 g/mol. The maximum absolute atomic E-state index is 12.5. The van der Waals surface area contributed by atoms with Crippen molar-refractivity contribution in [3.8, 4) is 0 Å². The Morgan fingerprint density at radius 2 is 2.22 bits per heavy atom. The fraction of sp³-hybridized carbons (Fsp3) is 0.636. The van der Waals surface area contributed by atoms with Gasteiger partial charge in [-0.2, -0.15) is 13.2 Å². The van der Waals surface area contributed by atoms with E-state index in [1.54, 1.807) is 6.07 Å². The first kappa shape index (κ1) is 13.8. The molecule has 1 saturated heterocycles. The Bertz CT molecular complexity index is 394. The Balaban J connectivity index is 1.95. The van der Waals surface area contributed by atoms with Crippen molar-refractivity contribution in [3.05, 3.63) is 21.9 Å². The van der Waals surface area contributed by atoms with Crippen LogP contribution in [-0.4, -0.2) is 37.2 Å². The zero-order chi connectivity index (χ0) is 13.2. The molecule has 1 aromatic heterocycles. The minimum Gasteiger partial charge on any atom is -0.374 e. The largest absolute Gasteiger partial charge is 0.425 e. The fourth-order valence-electron chi connectivity index (χ4n) is 1.90. The average Bonchev–Trinajstić information content (AvgIpc) is 2.77. The van der Waals surface area contributed by atoms with Gasteiger partial charge in [0.1, 0.15) is 4.88 Å². The number of nitrogens with zero attached hydrogens (tertiary/aromatic N) is 1. The van der Waals surface area contributed by atoms with Crippen LogP contribution >= 0.6 is 11.3 Å². The van der Waals surface area contributed by atoms with Gasteiger partial charge in [-0.1, -0.05) is 0 Å². The van der Waals surface area contributed by atoms with Crippen LogP contribution < -0.4 is 5.73 Å². The van der Waals surface area contributed by atoms with Crippen LogP contribution in [0.15, 0.2) is 12.1 Å². The van der Waals surface area contributed by atoms with Crippen molar-refractivity contribution in [1.29, 1.82) is 0 Å². The highest BCUT2D eigenvalue weighted by molar-refractivity contribution is 7.12. The van der Waals surface area contributed by atoms with Crippen LogP contribution in [0.1, 0.15) is 9.75 Å². The molecule has 1 aliphatic heterocycles. The molecule has 0 aromatic carbocycles. The predicted octanol–water partition coefficient (Wildman–Crippen LogP) is 1.93. The maximum atomic E-state index is 12.5. The molecular weight excluding hydrogens is 265 g/mol. The molecule has 3 nitrogen and oxygen atoms in total. The number of alkyl halides is 3. The molecular formula is C11H15F3N2OS. The number of halogens is 3. The van der Waals surface area contributed by atoms with E-state index < -0.39 is 11.1 Å². The molecule has 2 rings (SSSR count). The molecule has 7 heteroatoms. The lowest BCUT2D eigenvalue weighted by atomic mass is 10.2. The zero-order valence-corrected chi connectivity index (χ0v) is 10.6. The van der Waals surface area contributed by atoms with Gasteiger partial charge in [-0.25, -0.2) is 0 Å². The molecule has 18 heavy (non-hydrogen) atoms. The lowest BCUT2D eigenvalue weighted by molar-refractivity contribution is -0.134. The molecule has 0 amide bonds. The van der Waals surface area contributed by atoms with Gasteiger partial charge in [0.2, 0.25) is 0 Å². The Labute approximate surface area is 107 Å². The molecule has 0 radical (unpaired) electrons. The number of hydrogen-bond donors (Lipinski definition) is 1. The summed E-state index contributed by atoms with van der Waals surface area (Å²) in [6, 6.07) is 2.68. The van der Waals surface area contributed by atoms with Crippen molar-refractivity contribution in [1.82, 2.24) is 4.90 Å². The third-order valence-corrected chi connectivity index (χ3v) is 3.92. The Morgan fingerprint density at radius 1 is 1.44 bits per heavy atom. The lowest BCUT2D eigenvalue weighted by Crippen LogP contribution is -2.44. The van der Waals surface area contributed by atoms with Crippen molar-refractivity contribution in [2.45, 2.75) is 18.8 Å². The normalized spacial score (nSPS) is 22.3. The number of rotatable bonds is 3. The molecule has 1 fully saturated rings. The van der Waals surface area contributed by atoms with Crippen LogP contribution in [-0.2, 0) is 17.5 Å². The van der Waals surface area contributed by atoms with E-state index in [1.807, 2.05) is 0 Å². The second-order valence-corrected chi connectivity index (χ2v) is 5.40. The number of hydrogen-bond acceptors (Lipinski definition) is 4. The van der Waals surface area contributed by atoms with Crippen molar-refractivity contribution < 1.29 is 17.9 Å². The first-order valence-corrected chi connectivity index (χ1v) is 6.50. The van der Waals surface area contributed by atoms with Gasteiger partial charge < -0.3 is 10.5 Å². The summed E-state index contributed by atoms with van der Waals surface area (Å²) in [5.41, 5.74) is 5.52. The molecule has 1 unspecified atom stereocenters. The van der Waals surface area contributed by atoms with Gasteiger partial charge in [-0.3, -0.25) is 4.90 Å². The van der Waals surface area contributed by atoms with Crippen LogP contribution in [0, 0.1) is 0 Å². The third-order valence-electron chi connectivity index (χ3n) is 2.81. The molecule has 0 saturated carbocycles. The minimum atomic E-state index is -4.24. The number of ether oxygens (including phenoxy) is 1. The second-order valence-electron chi connectivity index (χ2n) is 4.23. The molecule has 0 bridgehead atoms. The van der Waals surface area contributed by atoms with Gasteiger partial charge in [-0.05, 0) is 12.1 Å². The van der Waals surface area contributed by atoms with Crippen molar-refractivity contribution in [2.24, 2.45) is 5.73 Å². The lowest BCUT2D eigenvalue weighted by Gasteiger charge is -2.31. The summed E-state index contributed by atoms with van der Waals surface area (Å²) in [6.07, 6.45) is -4.26. The summed E-state index contributed by atoms with van der Waals surface area (Å²) in [7, 11) is 0. The summed E-state index contributed by atoms with van der Waals surface area (Å²) >= 11 is 0.804. The first-order valence-electron chi connectivity index (χ1n) is 5.69. The zero-order valence-electron chi connectivity index (χ0n) is 9.74. The van der Waals surface area contributed by atoms with E-state index in [9.17, 15) is 13.2 Å². The maximum Gasteiger partial charge on any atom is 0.425 e. The smallest absolute Gasteiger partial charge is 0.374 e. The van der Waals surface area contributed by atoms with Crippen LogP contribution in [0.4, 0.5) is 13.2 Å². The SMILES string of the molecule is NCC1CN(Cc2ccc(C(F)(F)F)s2)CCO1. The third kappa shape index (κ3) is 3.44. The molecule has 2 heterocycles. The average molecular weight is 280 g/mol. The van der Waals surface area contributed by atoms with E-state index in [1.165, 1.54) is 0 Å². The van der Waals surface area contributed by atoms with E-state index in [0.717, 1.165) is 28.8 Å².